The molecule has 0 spiro atoms. The number of amides is 1. The van der Waals surface area contributed by atoms with E-state index in [1.165, 1.54) is 0 Å². The highest BCUT2D eigenvalue weighted by atomic mass is 16.7. The fourth-order valence-electron chi connectivity index (χ4n) is 1.77. The SMILES string of the molecule is O=C(CC1(c2ccccc2)OCCO1)NO. The first kappa shape index (κ1) is 11.1. The zero-order chi connectivity index (χ0) is 11.4. The van der Waals surface area contributed by atoms with Crippen molar-refractivity contribution in [3.63, 3.8) is 0 Å². The summed E-state index contributed by atoms with van der Waals surface area (Å²) in [5, 5.41) is 8.55. The summed E-state index contributed by atoms with van der Waals surface area (Å²) in [7, 11) is 0. The van der Waals surface area contributed by atoms with Crippen molar-refractivity contribution in [1.29, 1.82) is 0 Å². The average Bonchev–Trinajstić information content (AvgIpc) is 2.80. The molecule has 1 saturated heterocycles. The molecule has 5 heteroatoms. The van der Waals surface area contributed by atoms with Crippen LogP contribution in [-0.2, 0) is 20.1 Å². The molecule has 1 heterocycles. The second kappa shape index (κ2) is 4.61. The maximum atomic E-state index is 11.2. The summed E-state index contributed by atoms with van der Waals surface area (Å²) in [4.78, 5) is 11.2. The number of benzene rings is 1. The summed E-state index contributed by atoms with van der Waals surface area (Å²) in [6.45, 7) is 0.876. The average molecular weight is 223 g/mol. The molecule has 1 aromatic carbocycles. The van der Waals surface area contributed by atoms with E-state index in [2.05, 4.69) is 0 Å². The fraction of sp³-hybridized carbons (Fsp3) is 0.364. The molecule has 0 atom stereocenters. The molecule has 1 aliphatic rings. The van der Waals surface area contributed by atoms with Gasteiger partial charge in [-0.15, -0.1) is 0 Å². The van der Waals surface area contributed by atoms with Crippen molar-refractivity contribution < 1.29 is 19.5 Å². The van der Waals surface area contributed by atoms with Crippen LogP contribution in [0.3, 0.4) is 0 Å². The Bertz CT molecular complexity index is 360. The van der Waals surface area contributed by atoms with Gasteiger partial charge in [0.05, 0.1) is 19.6 Å². The van der Waals surface area contributed by atoms with Crippen LogP contribution in [-0.4, -0.2) is 24.3 Å². The van der Waals surface area contributed by atoms with Gasteiger partial charge in [0.15, 0.2) is 0 Å². The first-order valence-corrected chi connectivity index (χ1v) is 5.03. The number of hydroxylamine groups is 1. The molecular formula is C11H13NO4. The van der Waals surface area contributed by atoms with Gasteiger partial charge in [0.25, 0.3) is 0 Å². The fourth-order valence-corrected chi connectivity index (χ4v) is 1.77. The Morgan fingerprint density at radius 1 is 1.31 bits per heavy atom. The van der Waals surface area contributed by atoms with E-state index in [1.54, 1.807) is 5.48 Å². The third-order valence-corrected chi connectivity index (χ3v) is 2.49. The van der Waals surface area contributed by atoms with Crippen LogP contribution in [0.5, 0.6) is 0 Å². The van der Waals surface area contributed by atoms with Gasteiger partial charge in [-0.05, 0) is 0 Å². The van der Waals surface area contributed by atoms with Gasteiger partial charge in [0, 0.05) is 5.56 Å². The third-order valence-electron chi connectivity index (χ3n) is 2.49. The van der Waals surface area contributed by atoms with Crippen LogP contribution in [0.4, 0.5) is 0 Å². The summed E-state index contributed by atoms with van der Waals surface area (Å²) >= 11 is 0. The largest absolute Gasteiger partial charge is 0.343 e. The van der Waals surface area contributed by atoms with Crippen LogP contribution in [0.25, 0.3) is 0 Å². The van der Waals surface area contributed by atoms with Crippen molar-refractivity contribution >= 4 is 5.91 Å². The van der Waals surface area contributed by atoms with Crippen LogP contribution in [0.15, 0.2) is 30.3 Å². The molecule has 0 bridgehead atoms. The number of nitrogens with one attached hydrogen (secondary N) is 1. The lowest BCUT2D eigenvalue weighted by molar-refractivity contribution is -0.180. The van der Waals surface area contributed by atoms with E-state index < -0.39 is 11.7 Å². The molecule has 1 aromatic rings. The van der Waals surface area contributed by atoms with Crippen molar-refractivity contribution in [3.05, 3.63) is 35.9 Å². The number of hydrogen-bond acceptors (Lipinski definition) is 4. The van der Waals surface area contributed by atoms with Gasteiger partial charge in [-0.3, -0.25) is 10.0 Å². The Labute approximate surface area is 92.9 Å². The molecule has 86 valence electrons. The van der Waals surface area contributed by atoms with Crippen LogP contribution in [0.2, 0.25) is 0 Å². The predicted molar refractivity (Wildman–Crippen MR) is 54.6 cm³/mol. The quantitative estimate of drug-likeness (QED) is 0.587. The Kier molecular flexibility index (Phi) is 3.19. The molecule has 5 nitrogen and oxygen atoms in total. The van der Waals surface area contributed by atoms with Crippen LogP contribution >= 0.6 is 0 Å². The lowest BCUT2D eigenvalue weighted by Gasteiger charge is -2.26. The molecule has 0 radical (unpaired) electrons. The number of ether oxygens (including phenoxy) is 2. The summed E-state index contributed by atoms with van der Waals surface area (Å²) < 4.78 is 11.0. The first-order valence-electron chi connectivity index (χ1n) is 5.03. The second-order valence-electron chi connectivity index (χ2n) is 3.53. The molecule has 0 aliphatic carbocycles. The number of rotatable bonds is 3. The third kappa shape index (κ3) is 2.06. The normalized spacial score (nSPS) is 18.3. The van der Waals surface area contributed by atoms with Crippen molar-refractivity contribution in [3.8, 4) is 0 Å². The van der Waals surface area contributed by atoms with Gasteiger partial charge >= 0.3 is 0 Å². The Morgan fingerprint density at radius 3 is 2.50 bits per heavy atom. The zero-order valence-corrected chi connectivity index (χ0v) is 8.68. The van der Waals surface area contributed by atoms with Crippen molar-refractivity contribution in [2.45, 2.75) is 12.2 Å². The molecule has 0 aromatic heterocycles. The molecule has 2 N–H and O–H groups in total. The molecule has 1 amide bonds. The minimum Gasteiger partial charge on any atom is -0.343 e. The monoisotopic (exact) mass is 223 g/mol. The molecule has 0 unspecified atom stereocenters. The van der Waals surface area contributed by atoms with Gasteiger partial charge < -0.3 is 9.47 Å². The second-order valence-corrected chi connectivity index (χ2v) is 3.53. The first-order chi connectivity index (χ1) is 7.77. The van der Waals surface area contributed by atoms with Crippen molar-refractivity contribution in [1.82, 2.24) is 5.48 Å². The highest BCUT2D eigenvalue weighted by Gasteiger charge is 2.40. The van der Waals surface area contributed by atoms with Crippen LogP contribution in [0.1, 0.15) is 12.0 Å². The summed E-state index contributed by atoms with van der Waals surface area (Å²) in [6, 6.07) is 9.22. The lowest BCUT2D eigenvalue weighted by Crippen LogP contribution is -2.34. The van der Waals surface area contributed by atoms with E-state index in [1.807, 2.05) is 30.3 Å². The minimum atomic E-state index is -1.06. The zero-order valence-electron chi connectivity index (χ0n) is 8.68. The number of carbonyl (C=O) groups is 1. The van der Waals surface area contributed by atoms with E-state index in [9.17, 15) is 4.79 Å². The molecular weight excluding hydrogens is 210 g/mol. The van der Waals surface area contributed by atoms with Crippen LogP contribution < -0.4 is 5.48 Å². The molecule has 1 fully saturated rings. The van der Waals surface area contributed by atoms with Gasteiger partial charge in [-0.25, -0.2) is 5.48 Å². The summed E-state index contributed by atoms with van der Waals surface area (Å²) in [5.74, 6) is -1.60. The van der Waals surface area contributed by atoms with Gasteiger partial charge in [0.1, 0.15) is 0 Å². The van der Waals surface area contributed by atoms with Crippen LogP contribution in [0, 0.1) is 0 Å². The molecule has 16 heavy (non-hydrogen) atoms. The van der Waals surface area contributed by atoms with Gasteiger partial charge in [-0.1, -0.05) is 30.3 Å². The standard InChI is InChI=1S/C11H13NO4/c13-10(12-14)8-11(15-6-7-16-11)9-4-2-1-3-5-9/h1-5,14H,6-8H2,(H,12,13). The van der Waals surface area contributed by atoms with Gasteiger partial charge in [0.2, 0.25) is 11.7 Å². The van der Waals surface area contributed by atoms with E-state index in [0.29, 0.717) is 13.2 Å². The van der Waals surface area contributed by atoms with E-state index in [0.717, 1.165) is 5.56 Å². The van der Waals surface area contributed by atoms with Crippen molar-refractivity contribution in [2.75, 3.05) is 13.2 Å². The summed E-state index contributed by atoms with van der Waals surface area (Å²) in [6.07, 6.45) is -0.0620. The predicted octanol–water partition coefficient (Wildman–Crippen LogP) is 0.782. The Balaban J connectivity index is 2.25. The number of carbonyl (C=O) groups excluding carboxylic acids is 1. The van der Waals surface area contributed by atoms with Gasteiger partial charge in [-0.2, -0.15) is 0 Å². The summed E-state index contributed by atoms with van der Waals surface area (Å²) in [5.41, 5.74) is 2.36. The topological polar surface area (TPSA) is 67.8 Å². The smallest absolute Gasteiger partial charge is 0.249 e. The highest BCUT2D eigenvalue weighted by Crippen LogP contribution is 2.34. The Morgan fingerprint density at radius 2 is 1.94 bits per heavy atom. The van der Waals surface area contributed by atoms with E-state index in [-0.39, 0.29) is 6.42 Å². The Hall–Kier alpha value is -1.43. The molecule has 0 saturated carbocycles. The number of hydrogen-bond donors (Lipinski definition) is 2. The molecule has 1 aliphatic heterocycles. The molecule has 2 rings (SSSR count). The maximum absolute atomic E-state index is 11.2. The highest BCUT2D eigenvalue weighted by molar-refractivity contribution is 5.75. The maximum Gasteiger partial charge on any atom is 0.249 e. The lowest BCUT2D eigenvalue weighted by atomic mass is 10.0. The van der Waals surface area contributed by atoms with Crippen molar-refractivity contribution in [2.24, 2.45) is 0 Å². The van der Waals surface area contributed by atoms with E-state index >= 15 is 0 Å². The minimum absolute atomic E-state index is 0.0620. The van der Waals surface area contributed by atoms with E-state index in [4.69, 9.17) is 14.7 Å².